The van der Waals surface area contributed by atoms with Crippen LogP contribution in [-0.2, 0) is 25.7 Å². The molecule has 24 heteroatoms. The van der Waals surface area contributed by atoms with Crippen molar-refractivity contribution in [3.05, 3.63) is 362 Å². The van der Waals surface area contributed by atoms with Crippen molar-refractivity contribution in [2.75, 3.05) is 0 Å². The van der Waals surface area contributed by atoms with E-state index in [1.165, 1.54) is 85.9 Å². The van der Waals surface area contributed by atoms with E-state index >= 15 is 0 Å². The van der Waals surface area contributed by atoms with Gasteiger partial charge in [0, 0.05) is 0 Å². The Bertz CT molecular complexity index is 3470. The van der Waals surface area contributed by atoms with Crippen LogP contribution in [0.5, 0.6) is 0 Å². The van der Waals surface area contributed by atoms with Crippen molar-refractivity contribution >= 4 is 124 Å². The molecular formula is C80H80B4F16P4. The Morgan fingerprint density at radius 1 is 0.154 bits per heavy atom. The molecule has 0 fully saturated rings. The van der Waals surface area contributed by atoms with Crippen LogP contribution < -0.4 is 63.7 Å². The molecular weight excluding hydrogens is 1430 g/mol. The summed E-state index contributed by atoms with van der Waals surface area (Å²) in [7, 11) is -27.6. The lowest BCUT2D eigenvalue weighted by Crippen LogP contribution is -2.20. The summed E-state index contributed by atoms with van der Waals surface area (Å²) in [5.74, 6) is 0. The quantitative estimate of drug-likeness (QED) is 0.0514. The molecule has 12 aromatic rings. The van der Waals surface area contributed by atoms with Crippen molar-refractivity contribution in [1.29, 1.82) is 0 Å². The average molecular weight is 1510 g/mol. The minimum atomic E-state index is -6.00. The molecule has 12 aromatic carbocycles. The summed E-state index contributed by atoms with van der Waals surface area (Å²) in [5.41, 5.74) is 5.62. The van der Waals surface area contributed by atoms with Gasteiger partial charge in [0.25, 0.3) is 0 Å². The van der Waals surface area contributed by atoms with Gasteiger partial charge in [-0.1, -0.05) is 222 Å². The molecule has 0 spiro atoms. The first-order valence-corrected chi connectivity index (χ1v) is 39.3. The number of hydrogen-bond donors (Lipinski definition) is 0. The van der Waals surface area contributed by atoms with Gasteiger partial charge < -0.3 is 69.1 Å². The van der Waals surface area contributed by atoms with Gasteiger partial charge in [-0.25, -0.2) is 0 Å². The molecule has 0 saturated carbocycles. The predicted molar refractivity (Wildman–Crippen MR) is 424 cm³/mol. The SMILES string of the molecule is CCc1ccc([PH+](c2ccccc2)c2ccccc2)cc1.CCc1ccc([PH+](c2ccccc2)c2ccccc2)cc1.CCc1ccc([PH+](c2ccccc2)c2ccccc2)cc1.CCc1ccc([PH+](c2ccccc2)c2ccccc2)cc1.F[B-](F)(F)F.F[B-](F)(F)F.F[B-](F)(F)F.F[B-](F)(F)F. The lowest BCUT2D eigenvalue weighted by molar-refractivity contribution is 0.366. The lowest BCUT2D eigenvalue weighted by atomic mass is 10.2. The zero-order chi connectivity index (χ0) is 76.0. The molecule has 0 atom stereocenters. The van der Waals surface area contributed by atoms with E-state index < -0.39 is 60.7 Å². The van der Waals surface area contributed by atoms with E-state index in [1.807, 2.05) is 0 Å². The third-order valence-corrected chi connectivity index (χ3v) is 26.0. The molecule has 0 nitrogen and oxygen atoms in total. The normalized spacial score (nSPS) is 11.0. The molecule has 0 N–H and O–H groups in total. The Balaban J connectivity index is 0.000000229. The predicted octanol–water partition coefficient (Wildman–Crippen LogP) is 20.2. The largest absolute Gasteiger partial charge is 0.673 e. The van der Waals surface area contributed by atoms with Gasteiger partial charge in [0.1, 0.15) is 63.7 Å². The number of hydrogen-bond acceptors (Lipinski definition) is 0. The lowest BCUT2D eigenvalue weighted by Gasteiger charge is -2.11. The molecule has 0 aromatic heterocycles. The van der Waals surface area contributed by atoms with Crippen LogP contribution in [0.4, 0.5) is 69.1 Å². The third-order valence-electron chi connectivity index (χ3n) is 15.1. The van der Waals surface area contributed by atoms with Crippen LogP contribution >= 0.6 is 31.7 Å². The summed E-state index contributed by atoms with van der Waals surface area (Å²) < 4.78 is 156. The number of rotatable bonds is 16. The highest BCUT2D eigenvalue weighted by Crippen LogP contribution is 2.36. The Morgan fingerprint density at radius 2 is 0.240 bits per heavy atom. The van der Waals surface area contributed by atoms with Crippen LogP contribution in [0.3, 0.4) is 0 Å². The molecule has 0 aliphatic heterocycles. The van der Waals surface area contributed by atoms with E-state index in [9.17, 15) is 69.1 Å². The molecule has 0 unspecified atom stereocenters. The molecule has 0 heterocycles. The van der Waals surface area contributed by atoms with E-state index in [0.29, 0.717) is 0 Å². The van der Waals surface area contributed by atoms with Gasteiger partial charge in [-0.2, -0.15) is 0 Å². The number of halogens is 16. The molecule has 0 bridgehead atoms. The molecule has 0 aliphatic carbocycles. The number of aryl methyl sites for hydroxylation is 4. The molecule has 544 valence electrons. The summed E-state index contributed by atoms with van der Waals surface area (Å²) in [6, 6.07) is 124. The first-order chi connectivity index (χ1) is 49.5. The van der Waals surface area contributed by atoms with Crippen LogP contribution in [0, 0.1) is 0 Å². The van der Waals surface area contributed by atoms with E-state index in [-0.39, 0.29) is 0 Å². The Hall–Kier alpha value is -8.50. The van der Waals surface area contributed by atoms with Gasteiger partial charge in [-0.3, -0.25) is 0 Å². The van der Waals surface area contributed by atoms with Crippen molar-refractivity contribution < 1.29 is 69.1 Å². The van der Waals surface area contributed by atoms with Gasteiger partial charge in [-0.05, 0) is 194 Å². The van der Waals surface area contributed by atoms with Crippen molar-refractivity contribution in [3.63, 3.8) is 0 Å². The van der Waals surface area contributed by atoms with Crippen molar-refractivity contribution in [2.45, 2.75) is 53.4 Å². The Labute approximate surface area is 605 Å². The number of benzene rings is 12. The second-order valence-electron chi connectivity index (χ2n) is 22.6. The smallest absolute Gasteiger partial charge is 0.418 e. The fourth-order valence-electron chi connectivity index (χ4n) is 10.5. The maximum atomic E-state index is 9.75. The van der Waals surface area contributed by atoms with Gasteiger partial charge in [0.2, 0.25) is 0 Å². The summed E-state index contributed by atoms with van der Waals surface area (Å²) in [6.45, 7) is 8.81. The first-order valence-electron chi connectivity index (χ1n) is 33.3. The maximum absolute atomic E-state index is 9.75. The highest BCUT2D eigenvalue weighted by Gasteiger charge is 2.29. The summed E-state index contributed by atoms with van der Waals surface area (Å²) in [6.07, 6.45) is 4.39. The minimum absolute atomic E-state index is 0.902. The fraction of sp³-hybridized carbons (Fsp3) is 0.100. The summed E-state index contributed by atoms with van der Waals surface area (Å²) >= 11 is 0. The maximum Gasteiger partial charge on any atom is 0.673 e. The molecule has 12 rings (SSSR count). The molecule has 104 heavy (non-hydrogen) atoms. The molecule has 0 aliphatic rings. The second kappa shape index (κ2) is 45.0. The van der Waals surface area contributed by atoms with Crippen LogP contribution in [0.1, 0.15) is 49.9 Å². The van der Waals surface area contributed by atoms with Crippen molar-refractivity contribution in [3.8, 4) is 0 Å². The second-order valence-corrected chi connectivity index (χ2v) is 32.5. The third kappa shape index (κ3) is 34.9. The Morgan fingerprint density at radius 3 is 0.327 bits per heavy atom. The van der Waals surface area contributed by atoms with Crippen LogP contribution in [0.2, 0.25) is 0 Å². The van der Waals surface area contributed by atoms with Crippen molar-refractivity contribution in [1.82, 2.24) is 0 Å². The van der Waals surface area contributed by atoms with Crippen molar-refractivity contribution in [2.24, 2.45) is 0 Å². The summed E-state index contributed by atoms with van der Waals surface area (Å²) in [5, 5.41) is 17.4. The standard InChI is InChI=1S/4C20H19P.4BF4/c4*1-2-17-13-15-20(16-14-17)21(18-9-5-3-6-10-18)19-11-7-4-8-12-19;4*2-1(3,4)5/h4*3-16H,2H2,1H3;;;;/q;;;;4*-1/p+4. The molecule has 0 amide bonds. The van der Waals surface area contributed by atoms with Gasteiger partial charge in [0.15, 0.2) is 0 Å². The van der Waals surface area contributed by atoms with E-state index in [4.69, 9.17) is 0 Å². The van der Waals surface area contributed by atoms with Gasteiger partial charge in [-0.15, -0.1) is 0 Å². The van der Waals surface area contributed by atoms with Crippen LogP contribution in [-0.4, -0.2) is 29.0 Å². The zero-order valence-corrected chi connectivity index (χ0v) is 61.5. The minimum Gasteiger partial charge on any atom is -0.418 e. The van der Waals surface area contributed by atoms with E-state index in [1.54, 1.807) is 0 Å². The molecule has 0 saturated heterocycles. The fourth-order valence-corrected chi connectivity index (χ4v) is 20.7. The highest BCUT2D eigenvalue weighted by atomic mass is 31.1. The van der Waals surface area contributed by atoms with Crippen LogP contribution in [0.25, 0.3) is 0 Å². The summed E-state index contributed by atoms with van der Waals surface area (Å²) in [4.78, 5) is 0. The van der Waals surface area contributed by atoms with Gasteiger partial charge >= 0.3 is 29.0 Å². The Kier molecular flexibility index (Phi) is 37.3. The van der Waals surface area contributed by atoms with E-state index in [2.05, 4.69) is 367 Å². The average Bonchev–Trinajstić information content (AvgIpc) is 0.837. The van der Waals surface area contributed by atoms with Crippen LogP contribution in [0.15, 0.2) is 340 Å². The monoisotopic (exact) mass is 1510 g/mol. The zero-order valence-electron chi connectivity index (χ0n) is 57.5. The molecule has 0 radical (unpaired) electrons. The topological polar surface area (TPSA) is 0 Å². The van der Waals surface area contributed by atoms with Gasteiger partial charge in [0.05, 0.1) is 31.7 Å². The first kappa shape index (κ1) is 86.1. The van der Waals surface area contributed by atoms with E-state index in [0.717, 1.165) is 25.7 Å². The highest BCUT2D eigenvalue weighted by molar-refractivity contribution is 7.81.